The van der Waals surface area contributed by atoms with Crippen LogP contribution in [0.4, 0.5) is 0 Å². The first-order valence-electron chi connectivity index (χ1n) is 5.14. The summed E-state index contributed by atoms with van der Waals surface area (Å²) in [4.78, 5) is 22.4. The largest absolute Gasteiger partial charge is 0.479 e. The van der Waals surface area contributed by atoms with Gasteiger partial charge in [-0.25, -0.2) is 4.79 Å². The van der Waals surface area contributed by atoms with Gasteiger partial charge >= 0.3 is 5.97 Å². The lowest BCUT2D eigenvalue weighted by molar-refractivity contribution is -0.146. The number of carbonyl (C=O) groups excluding carboxylic acids is 1. The van der Waals surface area contributed by atoms with E-state index in [9.17, 15) is 14.7 Å². The van der Waals surface area contributed by atoms with Gasteiger partial charge in [0.05, 0.1) is 0 Å². The first kappa shape index (κ1) is 13.7. The van der Waals surface area contributed by atoms with Gasteiger partial charge in [-0.1, -0.05) is 25.1 Å². The van der Waals surface area contributed by atoms with Crippen molar-refractivity contribution in [2.45, 2.75) is 25.3 Å². The number of ketones is 1. The van der Waals surface area contributed by atoms with Gasteiger partial charge in [0.2, 0.25) is 0 Å². The molecule has 1 aromatic rings. The molecule has 4 nitrogen and oxygen atoms in total. The summed E-state index contributed by atoms with van der Waals surface area (Å²) in [5.74, 6) is -1.40. The van der Waals surface area contributed by atoms with Crippen molar-refractivity contribution in [2.24, 2.45) is 0 Å². The Kier molecular flexibility index (Phi) is 4.66. The molecule has 1 aromatic carbocycles. The molecule has 1 unspecified atom stereocenters. The number of aliphatic carboxylic acids is 1. The number of carboxylic acid groups (broad SMARTS) is 1. The number of Topliss-reactive ketones (excluding diaryl/α,β-unsaturated/α-hetero) is 1. The highest BCUT2D eigenvalue weighted by Crippen LogP contribution is 2.22. The second-order valence-corrected chi connectivity index (χ2v) is 3.84. The van der Waals surface area contributed by atoms with Crippen LogP contribution in [0.2, 0.25) is 0 Å². The summed E-state index contributed by atoms with van der Waals surface area (Å²) in [5, 5.41) is 18.3. The number of hydrogen-bond acceptors (Lipinski definition) is 3. The lowest BCUT2D eigenvalue weighted by Crippen LogP contribution is -2.15. The van der Waals surface area contributed by atoms with E-state index in [1.54, 1.807) is 13.0 Å². The number of aliphatic hydroxyl groups excluding tert-OH is 1. The van der Waals surface area contributed by atoms with Gasteiger partial charge in [-0.3, -0.25) is 4.79 Å². The molecule has 0 amide bonds. The Morgan fingerprint density at radius 3 is 2.53 bits per heavy atom. The van der Waals surface area contributed by atoms with Gasteiger partial charge in [-0.2, -0.15) is 0 Å². The van der Waals surface area contributed by atoms with E-state index in [-0.39, 0.29) is 29.2 Å². The standard InChI is InChI=1S/C12H13ClO4/c1-2-10(14)8-4-3-7(6-13)5-9(8)11(15)12(16)17/h3-5,11,15H,2,6H2,1H3,(H,16,17). The number of aliphatic hydroxyl groups is 1. The molecule has 0 aliphatic heterocycles. The summed E-state index contributed by atoms with van der Waals surface area (Å²) in [7, 11) is 0. The van der Waals surface area contributed by atoms with Gasteiger partial charge in [0, 0.05) is 23.4 Å². The predicted octanol–water partition coefficient (Wildman–Crippen LogP) is 2.14. The van der Waals surface area contributed by atoms with Crippen molar-refractivity contribution in [3.05, 3.63) is 34.9 Å². The second kappa shape index (κ2) is 5.80. The molecule has 0 saturated carbocycles. The fourth-order valence-corrected chi connectivity index (χ4v) is 1.67. The molecule has 2 N–H and O–H groups in total. The molecule has 0 aromatic heterocycles. The molecule has 0 heterocycles. The van der Waals surface area contributed by atoms with Crippen LogP contribution < -0.4 is 0 Å². The summed E-state index contributed by atoms with van der Waals surface area (Å²) in [6.45, 7) is 1.68. The molecule has 17 heavy (non-hydrogen) atoms. The smallest absolute Gasteiger partial charge is 0.337 e. The Hall–Kier alpha value is -1.39. The first-order chi connectivity index (χ1) is 8.01. The van der Waals surface area contributed by atoms with E-state index < -0.39 is 12.1 Å². The zero-order chi connectivity index (χ0) is 13.0. The normalized spacial score (nSPS) is 12.2. The molecule has 0 saturated heterocycles. The predicted molar refractivity (Wildman–Crippen MR) is 63.2 cm³/mol. The van der Waals surface area contributed by atoms with Gasteiger partial charge in [0.25, 0.3) is 0 Å². The molecule has 1 rings (SSSR count). The summed E-state index contributed by atoms with van der Waals surface area (Å²) >= 11 is 5.63. The summed E-state index contributed by atoms with van der Waals surface area (Å²) in [6, 6.07) is 4.60. The van der Waals surface area contributed by atoms with E-state index in [1.165, 1.54) is 12.1 Å². The molecule has 0 aliphatic carbocycles. The van der Waals surface area contributed by atoms with Crippen molar-refractivity contribution in [1.29, 1.82) is 0 Å². The lowest BCUT2D eigenvalue weighted by atomic mass is 9.96. The zero-order valence-corrected chi connectivity index (χ0v) is 10.1. The highest BCUT2D eigenvalue weighted by atomic mass is 35.5. The minimum absolute atomic E-state index is 0.0995. The van der Waals surface area contributed by atoms with Crippen LogP contribution in [0.15, 0.2) is 18.2 Å². The van der Waals surface area contributed by atoms with Crippen molar-refractivity contribution < 1.29 is 19.8 Å². The Labute approximate surface area is 104 Å². The van der Waals surface area contributed by atoms with E-state index in [4.69, 9.17) is 16.7 Å². The Morgan fingerprint density at radius 1 is 1.41 bits per heavy atom. The maximum absolute atomic E-state index is 11.6. The average Bonchev–Trinajstić information content (AvgIpc) is 2.35. The van der Waals surface area contributed by atoms with Gasteiger partial charge in [0.1, 0.15) is 0 Å². The monoisotopic (exact) mass is 256 g/mol. The number of rotatable bonds is 5. The molecular formula is C12H13ClO4. The first-order valence-corrected chi connectivity index (χ1v) is 5.67. The molecular weight excluding hydrogens is 244 g/mol. The summed E-state index contributed by atoms with van der Waals surface area (Å²) in [5.41, 5.74) is 0.994. The van der Waals surface area contributed by atoms with E-state index in [0.717, 1.165) is 0 Å². The fraction of sp³-hybridized carbons (Fsp3) is 0.333. The van der Waals surface area contributed by atoms with Crippen molar-refractivity contribution in [1.82, 2.24) is 0 Å². The van der Waals surface area contributed by atoms with Crippen LogP contribution in [0.3, 0.4) is 0 Å². The van der Waals surface area contributed by atoms with Crippen LogP contribution in [0.1, 0.15) is 40.9 Å². The highest BCUT2D eigenvalue weighted by Gasteiger charge is 2.22. The van der Waals surface area contributed by atoms with Crippen LogP contribution in [0, 0.1) is 0 Å². The highest BCUT2D eigenvalue weighted by molar-refractivity contribution is 6.17. The molecule has 1 atom stereocenters. The number of hydrogen-bond donors (Lipinski definition) is 2. The van der Waals surface area contributed by atoms with Crippen LogP contribution in [0.25, 0.3) is 0 Å². The van der Waals surface area contributed by atoms with Crippen molar-refractivity contribution in [3.8, 4) is 0 Å². The second-order valence-electron chi connectivity index (χ2n) is 3.57. The lowest BCUT2D eigenvalue weighted by Gasteiger charge is -2.12. The van der Waals surface area contributed by atoms with Crippen LogP contribution in [-0.4, -0.2) is 22.0 Å². The molecule has 92 valence electrons. The van der Waals surface area contributed by atoms with Gasteiger partial charge < -0.3 is 10.2 Å². The topological polar surface area (TPSA) is 74.6 Å². The zero-order valence-electron chi connectivity index (χ0n) is 9.31. The van der Waals surface area contributed by atoms with Crippen LogP contribution >= 0.6 is 11.6 Å². The molecule has 0 radical (unpaired) electrons. The van der Waals surface area contributed by atoms with Gasteiger partial charge in [-0.05, 0) is 5.56 Å². The quantitative estimate of drug-likeness (QED) is 0.625. The number of benzene rings is 1. The Bertz CT molecular complexity index is 442. The van der Waals surface area contributed by atoms with Crippen molar-refractivity contribution in [3.63, 3.8) is 0 Å². The summed E-state index contributed by atoms with van der Waals surface area (Å²) in [6.07, 6.45) is -1.46. The van der Waals surface area contributed by atoms with E-state index in [2.05, 4.69) is 0 Å². The maximum atomic E-state index is 11.6. The van der Waals surface area contributed by atoms with E-state index in [1.807, 2.05) is 0 Å². The van der Waals surface area contributed by atoms with Crippen molar-refractivity contribution in [2.75, 3.05) is 0 Å². The Balaban J connectivity index is 3.30. The third kappa shape index (κ3) is 3.05. The third-order valence-electron chi connectivity index (χ3n) is 2.42. The number of alkyl halides is 1. The Morgan fingerprint density at radius 2 is 2.06 bits per heavy atom. The molecule has 0 aliphatic rings. The number of carbonyl (C=O) groups is 2. The van der Waals surface area contributed by atoms with Gasteiger partial charge in [-0.15, -0.1) is 11.6 Å². The van der Waals surface area contributed by atoms with Crippen molar-refractivity contribution >= 4 is 23.4 Å². The minimum atomic E-state index is -1.70. The SMILES string of the molecule is CCC(=O)c1ccc(CCl)cc1C(O)C(=O)O. The maximum Gasteiger partial charge on any atom is 0.337 e. The average molecular weight is 257 g/mol. The van der Waals surface area contributed by atoms with Gasteiger partial charge in [0.15, 0.2) is 11.9 Å². The molecule has 5 heteroatoms. The summed E-state index contributed by atoms with van der Waals surface area (Å²) < 4.78 is 0. The molecule has 0 spiro atoms. The van der Waals surface area contributed by atoms with E-state index >= 15 is 0 Å². The number of halogens is 1. The molecule has 0 fully saturated rings. The van der Waals surface area contributed by atoms with Crippen LogP contribution in [-0.2, 0) is 10.7 Å². The van der Waals surface area contributed by atoms with Crippen LogP contribution in [0.5, 0.6) is 0 Å². The fourth-order valence-electron chi connectivity index (χ4n) is 1.50. The van der Waals surface area contributed by atoms with E-state index in [0.29, 0.717) is 5.56 Å². The molecule has 0 bridgehead atoms. The number of carboxylic acids is 1. The third-order valence-corrected chi connectivity index (χ3v) is 2.73. The minimum Gasteiger partial charge on any atom is -0.479 e.